The lowest BCUT2D eigenvalue weighted by molar-refractivity contribution is -0.121. The maximum Gasteiger partial charge on any atom is 0.221 e. The highest BCUT2D eigenvalue weighted by Crippen LogP contribution is 2.19. The normalized spacial score (nSPS) is 17.4. The average Bonchev–Trinajstić information content (AvgIpc) is 3.08. The molecule has 3 rings (SSSR count). The molecule has 2 N–H and O–H groups in total. The van der Waals surface area contributed by atoms with Gasteiger partial charge in [0.2, 0.25) is 5.91 Å². The van der Waals surface area contributed by atoms with Crippen LogP contribution in [0.25, 0.3) is 11.4 Å². The molecule has 0 saturated carbocycles. The fraction of sp³-hybridized carbons (Fsp3) is 0.591. The van der Waals surface area contributed by atoms with Crippen molar-refractivity contribution in [3.05, 3.63) is 34.6 Å². The van der Waals surface area contributed by atoms with Gasteiger partial charge in [-0.15, -0.1) is 0 Å². The van der Waals surface area contributed by atoms with Crippen LogP contribution in [0.5, 0.6) is 0 Å². The van der Waals surface area contributed by atoms with Gasteiger partial charge in [-0.2, -0.15) is 5.10 Å². The Kier molecular flexibility index (Phi) is 8.00. The minimum Gasteiger partial charge on any atom is -0.356 e. The van der Waals surface area contributed by atoms with E-state index in [1.54, 1.807) is 0 Å². The molecule has 1 aromatic heterocycles. The van der Waals surface area contributed by atoms with Crippen LogP contribution in [0, 0.1) is 11.7 Å². The van der Waals surface area contributed by atoms with Crippen LogP contribution in [-0.2, 0) is 11.3 Å². The van der Waals surface area contributed by atoms with Gasteiger partial charge < -0.3 is 10.2 Å². The monoisotopic (exact) mass is 415 g/mol. The summed E-state index contributed by atoms with van der Waals surface area (Å²) in [5.41, 5.74) is 2.17. The first kappa shape index (κ1) is 21.7. The lowest BCUT2D eigenvalue weighted by Crippen LogP contribution is -2.38. The third-order valence-electron chi connectivity index (χ3n) is 5.73. The van der Waals surface area contributed by atoms with Gasteiger partial charge in [-0.3, -0.25) is 14.5 Å². The summed E-state index contributed by atoms with van der Waals surface area (Å²) in [6.45, 7) is 8.00. The van der Waals surface area contributed by atoms with Crippen molar-refractivity contribution in [2.45, 2.75) is 65.0 Å². The molecule has 2 aromatic rings. The van der Waals surface area contributed by atoms with Crippen LogP contribution in [-0.4, -0.2) is 51.2 Å². The summed E-state index contributed by atoms with van der Waals surface area (Å²) in [6.07, 6.45) is 6.55. The smallest absolute Gasteiger partial charge is 0.221 e. The average molecular weight is 416 g/mol. The first-order valence-electron chi connectivity index (χ1n) is 10.8. The topological polar surface area (TPSA) is 66.0 Å². The lowest BCUT2D eigenvalue weighted by atomic mass is 10.0. The Morgan fingerprint density at radius 2 is 2.17 bits per heavy atom. The molecule has 29 heavy (non-hydrogen) atoms. The number of hydrogen-bond acceptors (Lipinski definition) is 4. The summed E-state index contributed by atoms with van der Waals surface area (Å²) < 4.78 is 2.45. The summed E-state index contributed by atoms with van der Waals surface area (Å²) in [5, 5.41) is 10.3. The lowest BCUT2D eigenvalue weighted by Gasteiger charge is -2.33. The van der Waals surface area contributed by atoms with E-state index in [1.807, 2.05) is 16.7 Å². The molecule has 1 aliphatic heterocycles. The number of H-pyrrole nitrogens is 1. The zero-order valence-corrected chi connectivity index (χ0v) is 18.4. The van der Waals surface area contributed by atoms with Crippen molar-refractivity contribution < 1.29 is 4.79 Å². The zero-order valence-electron chi connectivity index (χ0n) is 17.6. The summed E-state index contributed by atoms with van der Waals surface area (Å²) in [4.78, 5) is 14.9. The van der Waals surface area contributed by atoms with Gasteiger partial charge in [0.05, 0.1) is 0 Å². The third kappa shape index (κ3) is 6.24. The highest BCUT2D eigenvalue weighted by atomic mass is 32.1. The van der Waals surface area contributed by atoms with Gasteiger partial charge in [-0.05, 0) is 70.9 Å². The molecule has 0 bridgehead atoms. The van der Waals surface area contributed by atoms with Crippen LogP contribution in [0.2, 0.25) is 0 Å². The first-order chi connectivity index (χ1) is 14.0. The molecule has 1 fully saturated rings. The predicted molar refractivity (Wildman–Crippen MR) is 119 cm³/mol. The molecule has 2 heterocycles. The van der Waals surface area contributed by atoms with Crippen LogP contribution >= 0.6 is 12.2 Å². The SMILES string of the molecule is Cc1cccc(-c2n[nH]c(=S)n2CCC(=O)NCCCCN2CCCCC2C)c1. The number of piperidine rings is 1. The van der Waals surface area contributed by atoms with Crippen molar-refractivity contribution in [3.8, 4) is 11.4 Å². The van der Waals surface area contributed by atoms with E-state index in [1.165, 1.54) is 31.4 Å². The van der Waals surface area contributed by atoms with Gasteiger partial charge in [0.1, 0.15) is 0 Å². The van der Waals surface area contributed by atoms with E-state index in [4.69, 9.17) is 12.2 Å². The number of aromatic nitrogens is 3. The third-order valence-corrected chi connectivity index (χ3v) is 6.04. The van der Waals surface area contributed by atoms with E-state index < -0.39 is 0 Å². The quantitative estimate of drug-likeness (QED) is 0.478. The second-order valence-corrected chi connectivity index (χ2v) is 8.45. The summed E-state index contributed by atoms with van der Waals surface area (Å²) in [5.74, 6) is 0.844. The highest BCUT2D eigenvalue weighted by molar-refractivity contribution is 7.71. The number of unbranched alkanes of at least 4 members (excludes halogenated alkanes) is 1. The molecule has 7 heteroatoms. The molecule has 1 aromatic carbocycles. The second-order valence-electron chi connectivity index (χ2n) is 8.06. The van der Waals surface area contributed by atoms with Crippen molar-refractivity contribution in [1.29, 1.82) is 0 Å². The van der Waals surface area contributed by atoms with Crippen molar-refractivity contribution in [2.24, 2.45) is 0 Å². The molecule has 0 radical (unpaired) electrons. The van der Waals surface area contributed by atoms with Gasteiger partial charge in [0, 0.05) is 31.1 Å². The minimum absolute atomic E-state index is 0.0645. The van der Waals surface area contributed by atoms with Crippen LogP contribution in [0.1, 0.15) is 51.0 Å². The number of aryl methyl sites for hydroxylation is 1. The number of carbonyl (C=O) groups excluding carboxylic acids is 1. The van der Waals surface area contributed by atoms with Crippen LogP contribution < -0.4 is 5.32 Å². The number of nitrogens with zero attached hydrogens (tertiary/aromatic N) is 3. The molecule has 1 atom stereocenters. The molecule has 1 saturated heterocycles. The second kappa shape index (κ2) is 10.7. The molecule has 0 spiro atoms. The number of aromatic amines is 1. The Morgan fingerprint density at radius 3 is 2.97 bits per heavy atom. The van der Waals surface area contributed by atoms with Gasteiger partial charge in [-0.25, -0.2) is 0 Å². The fourth-order valence-corrected chi connectivity index (χ4v) is 4.21. The van der Waals surface area contributed by atoms with Crippen molar-refractivity contribution in [3.63, 3.8) is 0 Å². The highest BCUT2D eigenvalue weighted by Gasteiger charge is 2.17. The van der Waals surface area contributed by atoms with E-state index in [2.05, 4.69) is 46.4 Å². The van der Waals surface area contributed by atoms with E-state index >= 15 is 0 Å². The van der Waals surface area contributed by atoms with Gasteiger partial charge >= 0.3 is 0 Å². The molecule has 1 aliphatic rings. The molecule has 158 valence electrons. The first-order valence-corrected chi connectivity index (χ1v) is 11.2. The van der Waals surface area contributed by atoms with Crippen LogP contribution in [0.4, 0.5) is 0 Å². The Hall–Kier alpha value is -1.99. The van der Waals surface area contributed by atoms with Gasteiger partial charge in [0.25, 0.3) is 0 Å². The Morgan fingerprint density at radius 1 is 1.31 bits per heavy atom. The number of rotatable bonds is 9. The fourth-order valence-electron chi connectivity index (χ4n) is 3.99. The van der Waals surface area contributed by atoms with Crippen LogP contribution in [0.3, 0.4) is 0 Å². The van der Waals surface area contributed by atoms with E-state index in [0.29, 0.717) is 23.8 Å². The molecular formula is C22H33N5OS. The predicted octanol–water partition coefficient (Wildman–Crippen LogP) is 4.08. The van der Waals surface area contributed by atoms with Crippen LogP contribution in [0.15, 0.2) is 24.3 Å². The Labute approximate surface area is 178 Å². The van der Waals surface area contributed by atoms with E-state index in [9.17, 15) is 4.79 Å². The largest absolute Gasteiger partial charge is 0.356 e. The Balaban J connectivity index is 1.41. The van der Waals surface area contributed by atoms with Crippen molar-refractivity contribution in [2.75, 3.05) is 19.6 Å². The molecule has 6 nitrogen and oxygen atoms in total. The molecule has 1 amide bonds. The van der Waals surface area contributed by atoms with Gasteiger partial charge in [0.15, 0.2) is 10.6 Å². The van der Waals surface area contributed by atoms with E-state index in [-0.39, 0.29) is 5.91 Å². The number of amides is 1. The number of carbonyl (C=O) groups is 1. The van der Waals surface area contributed by atoms with Crippen molar-refractivity contribution >= 4 is 18.1 Å². The maximum atomic E-state index is 12.3. The standard InChI is InChI=1S/C22H33N5OS/c1-17-8-7-10-19(16-17)21-24-25-22(29)27(21)15-11-20(28)23-12-4-6-14-26-13-5-3-9-18(26)2/h7-8,10,16,18H,3-6,9,11-15H2,1-2H3,(H,23,28)(H,25,29). The number of nitrogens with one attached hydrogen (secondary N) is 2. The minimum atomic E-state index is 0.0645. The Bertz CT molecular complexity index is 859. The molecule has 0 aliphatic carbocycles. The maximum absolute atomic E-state index is 12.3. The zero-order chi connectivity index (χ0) is 20.6. The summed E-state index contributed by atoms with van der Waals surface area (Å²) in [7, 11) is 0. The van der Waals surface area contributed by atoms with Gasteiger partial charge in [-0.1, -0.05) is 30.2 Å². The van der Waals surface area contributed by atoms with E-state index in [0.717, 1.165) is 37.3 Å². The van der Waals surface area contributed by atoms with Crippen molar-refractivity contribution in [1.82, 2.24) is 25.0 Å². The number of benzene rings is 1. The summed E-state index contributed by atoms with van der Waals surface area (Å²) in [6, 6.07) is 8.85. The molecular weight excluding hydrogens is 382 g/mol. The number of likely N-dealkylation sites (tertiary alicyclic amines) is 1. The summed E-state index contributed by atoms with van der Waals surface area (Å²) >= 11 is 5.36. The molecule has 1 unspecified atom stereocenters. The number of hydrogen-bond donors (Lipinski definition) is 2.